The summed E-state index contributed by atoms with van der Waals surface area (Å²) in [7, 11) is 1.92. The molecule has 0 bridgehead atoms. The van der Waals surface area contributed by atoms with Gasteiger partial charge in [-0.15, -0.1) is 0 Å². The van der Waals surface area contributed by atoms with Crippen LogP contribution >= 0.6 is 0 Å². The second kappa shape index (κ2) is 7.38. The first-order valence-corrected chi connectivity index (χ1v) is 9.29. The van der Waals surface area contributed by atoms with E-state index in [-0.39, 0.29) is 5.78 Å². The molecular formula is C21H24N4O. The van der Waals surface area contributed by atoms with E-state index in [0.29, 0.717) is 13.0 Å². The quantitative estimate of drug-likeness (QED) is 0.710. The summed E-state index contributed by atoms with van der Waals surface area (Å²) in [4.78, 5) is 19.2. The molecule has 26 heavy (non-hydrogen) atoms. The summed E-state index contributed by atoms with van der Waals surface area (Å²) >= 11 is 0. The van der Waals surface area contributed by atoms with Gasteiger partial charge in [-0.25, -0.2) is 0 Å². The maximum absolute atomic E-state index is 12.4. The molecule has 0 N–H and O–H groups in total. The number of nitrogens with zero attached hydrogens (tertiary/aromatic N) is 4. The van der Waals surface area contributed by atoms with E-state index in [0.717, 1.165) is 40.7 Å². The molecule has 0 spiro atoms. The summed E-state index contributed by atoms with van der Waals surface area (Å²) in [6.45, 7) is 2.65. The van der Waals surface area contributed by atoms with Crippen LogP contribution in [0.25, 0.3) is 21.9 Å². The van der Waals surface area contributed by atoms with Gasteiger partial charge in [-0.1, -0.05) is 18.6 Å². The highest BCUT2D eigenvalue weighted by molar-refractivity contribution is 5.88. The summed E-state index contributed by atoms with van der Waals surface area (Å²) in [5.74, 6) is 0.252. The van der Waals surface area contributed by atoms with Crippen molar-refractivity contribution in [2.45, 2.75) is 25.7 Å². The minimum Gasteiger partial charge on any atom is -0.298 e. The minimum atomic E-state index is 0.252. The van der Waals surface area contributed by atoms with Crippen LogP contribution in [0.3, 0.4) is 0 Å². The van der Waals surface area contributed by atoms with E-state index in [2.05, 4.69) is 33.2 Å². The first-order chi connectivity index (χ1) is 12.7. The number of hydrogen-bond donors (Lipinski definition) is 0. The van der Waals surface area contributed by atoms with Gasteiger partial charge in [-0.05, 0) is 49.0 Å². The lowest BCUT2D eigenvalue weighted by Gasteiger charge is -2.25. The van der Waals surface area contributed by atoms with E-state index in [1.165, 1.54) is 19.3 Å². The van der Waals surface area contributed by atoms with Gasteiger partial charge in [0.25, 0.3) is 0 Å². The van der Waals surface area contributed by atoms with Gasteiger partial charge in [0.05, 0.1) is 19.2 Å². The number of fused-ring (bicyclic) bond motifs is 1. The zero-order valence-electron chi connectivity index (χ0n) is 15.2. The number of hydrogen-bond acceptors (Lipinski definition) is 4. The zero-order chi connectivity index (χ0) is 17.9. The summed E-state index contributed by atoms with van der Waals surface area (Å²) in [5, 5.41) is 6.44. The molecule has 5 heteroatoms. The number of aromatic nitrogens is 3. The molecular weight excluding hydrogens is 324 g/mol. The third-order valence-corrected chi connectivity index (χ3v) is 5.04. The molecule has 1 saturated heterocycles. The minimum absolute atomic E-state index is 0.252. The Morgan fingerprint density at radius 1 is 1.04 bits per heavy atom. The van der Waals surface area contributed by atoms with Gasteiger partial charge < -0.3 is 0 Å². The number of likely N-dealkylation sites (tertiary alicyclic amines) is 1. The molecule has 0 saturated carbocycles. The summed E-state index contributed by atoms with van der Waals surface area (Å²) < 4.78 is 1.80. The predicted molar refractivity (Wildman–Crippen MR) is 103 cm³/mol. The van der Waals surface area contributed by atoms with Crippen molar-refractivity contribution < 1.29 is 4.79 Å². The Morgan fingerprint density at radius 3 is 2.65 bits per heavy atom. The Morgan fingerprint density at radius 2 is 1.88 bits per heavy atom. The Labute approximate surface area is 153 Å². The van der Waals surface area contributed by atoms with E-state index >= 15 is 0 Å². The van der Waals surface area contributed by atoms with Gasteiger partial charge in [0, 0.05) is 36.1 Å². The molecule has 0 aliphatic carbocycles. The number of benzene rings is 1. The monoisotopic (exact) mass is 348 g/mol. The van der Waals surface area contributed by atoms with Gasteiger partial charge in [-0.2, -0.15) is 5.10 Å². The van der Waals surface area contributed by atoms with Crippen molar-refractivity contribution >= 4 is 16.6 Å². The van der Waals surface area contributed by atoms with Crippen molar-refractivity contribution in [2.24, 2.45) is 7.05 Å². The van der Waals surface area contributed by atoms with Gasteiger partial charge in [0.1, 0.15) is 0 Å². The van der Waals surface area contributed by atoms with Gasteiger partial charge in [0.15, 0.2) is 5.78 Å². The predicted octanol–water partition coefficient (Wildman–Crippen LogP) is 3.23. The average Bonchev–Trinajstić information content (AvgIpc) is 3.08. The van der Waals surface area contributed by atoms with Crippen molar-refractivity contribution in [3.63, 3.8) is 0 Å². The van der Waals surface area contributed by atoms with Crippen LogP contribution in [0.1, 0.15) is 25.0 Å². The van der Waals surface area contributed by atoms with E-state index in [1.54, 1.807) is 4.68 Å². The second-order valence-corrected chi connectivity index (χ2v) is 7.19. The van der Waals surface area contributed by atoms with Crippen LogP contribution in [0.5, 0.6) is 0 Å². The Hall–Kier alpha value is -2.53. The molecule has 1 aromatic carbocycles. The molecule has 4 rings (SSSR count). The number of aryl methyl sites for hydroxylation is 1. The molecule has 1 fully saturated rings. The normalized spacial score (nSPS) is 15.4. The van der Waals surface area contributed by atoms with Gasteiger partial charge in [0.2, 0.25) is 0 Å². The fourth-order valence-corrected chi connectivity index (χ4v) is 3.66. The largest absolute Gasteiger partial charge is 0.298 e. The van der Waals surface area contributed by atoms with Crippen molar-refractivity contribution in [1.82, 2.24) is 19.7 Å². The highest BCUT2D eigenvalue weighted by Gasteiger charge is 2.14. The molecule has 5 nitrogen and oxygen atoms in total. The molecule has 0 atom stereocenters. The van der Waals surface area contributed by atoms with Crippen LogP contribution in [-0.2, 0) is 18.3 Å². The zero-order valence-corrected chi connectivity index (χ0v) is 15.2. The van der Waals surface area contributed by atoms with Crippen LogP contribution in [0.2, 0.25) is 0 Å². The second-order valence-electron chi connectivity index (χ2n) is 7.19. The average molecular weight is 348 g/mol. The number of carbonyl (C=O) groups excluding carboxylic acids is 1. The van der Waals surface area contributed by atoms with Crippen molar-refractivity contribution in [1.29, 1.82) is 0 Å². The number of rotatable bonds is 5. The Balaban J connectivity index is 1.51. The lowest BCUT2D eigenvalue weighted by molar-refractivity contribution is -0.119. The molecule has 134 valence electrons. The number of Topliss-reactive ketones (excluding diaryl/α,β-unsaturated/α-hetero) is 1. The lowest BCUT2D eigenvalue weighted by Crippen LogP contribution is -2.35. The third-order valence-electron chi connectivity index (χ3n) is 5.04. The van der Waals surface area contributed by atoms with E-state index in [4.69, 9.17) is 0 Å². The fraction of sp³-hybridized carbons (Fsp3) is 0.381. The Kier molecular flexibility index (Phi) is 4.80. The molecule has 0 amide bonds. The van der Waals surface area contributed by atoms with Crippen molar-refractivity contribution in [3.8, 4) is 11.1 Å². The van der Waals surface area contributed by atoms with Crippen LogP contribution in [0.4, 0.5) is 0 Å². The van der Waals surface area contributed by atoms with E-state index < -0.39 is 0 Å². The molecule has 2 aromatic heterocycles. The molecule has 1 aliphatic heterocycles. The molecule has 3 aromatic rings. The molecule has 0 radical (unpaired) electrons. The SMILES string of the molecule is Cn1cc(-c2ccc3cnc(CC(=O)CN4CCCCC4)cc3c2)cn1. The Bertz CT molecular complexity index is 925. The fourth-order valence-electron chi connectivity index (χ4n) is 3.66. The number of piperidine rings is 1. The number of carbonyl (C=O) groups is 1. The molecule has 1 aliphatic rings. The summed E-state index contributed by atoms with van der Waals surface area (Å²) in [5.41, 5.74) is 3.07. The van der Waals surface area contributed by atoms with Crippen molar-refractivity contribution in [3.05, 3.63) is 48.5 Å². The summed E-state index contributed by atoms with van der Waals surface area (Å²) in [6, 6.07) is 8.35. The maximum Gasteiger partial charge on any atom is 0.152 e. The van der Waals surface area contributed by atoms with Crippen LogP contribution in [-0.4, -0.2) is 45.1 Å². The smallest absolute Gasteiger partial charge is 0.152 e. The van der Waals surface area contributed by atoms with E-state index in [1.807, 2.05) is 31.7 Å². The third kappa shape index (κ3) is 3.83. The highest BCUT2D eigenvalue weighted by atomic mass is 16.1. The first kappa shape index (κ1) is 16.9. The number of ketones is 1. The summed E-state index contributed by atoms with van der Waals surface area (Å²) in [6.07, 6.45) is 9.85. The highest BCUT2D eigenvalue weighted by Crippen LogP contribution is 2.24. The standard InChI is InChI=1S/C21H24N4O/c1-24-14-19(13-23-24)16-5-6-17-12-22-20(10-18(17)9-16)11-21(26)15-25-7-3-2-4-8-25/h5-6,9-10,12-14H,2-4,7-8,11,15H2,1H3. The topological polar surface area (TPSA) is 51.0 Å². The van der Waals surface area contributed by atoms with Crippen LogP contribution in [0.15, 0.2) is 42.9 Å². The van der Waals surface area contributed by atoms with Gasteiger partial charge in [-0.3, -0.25) is 19.4 Å². The first-order valence-electron chi connectivity index (χ1n) is 9.29. The van der Waals surface area contributed by atoms with Crippen LogP contribution in [0, 0.1) is 0 Å². The molecule has 3 heterocycles. The van der Waals surface area contributed by atoms with E-state index in [9.17, 15) is 4.79 Å². The number of pyridine rings is 1. The maximum atomic E-state index is 12.4. The molecule has 0 unspecified atom stereocenters. The van der Waals surface area contributed by atoms with Crippen LogP contribution < -0.4 is 0 Å². The van der Waals surface area contributed by atoms with Gasteiger partial charge >= 0.3 is 0 Å². The van der Waals surface area contributed by atoms with Crippen molar-refractivity contribution in [2.75, 3.05) is 19.6 Å². The lowest BCUT2D eigenvalue weighted by atomic mass is 10.0.